The van der Waals surface area contributed by atoms with Crippen LogP contribution < -0.4 is 10.5 Å². The lowest BCUT2D eigenvalue weighted by Gasteiger charge is -2.32. The lowest BCUT2D eigenvalue weighted by atomic mass is 9.89. The first-order valence-electron chi connectivity index (χ1n) is 5.91. The van der Waals surface area contributed by atoms with Gasteiger partial charge in [0.05, 0.1) is 13.2 Å². The smallest absolute Gasteiger partial charge is 0.119 e. The molecule has 2 atom stereocenters. The Bertz CT molecular complexity index is 384. The Balaban J connectivity index is 2.30. The van der Waals surface area contributed by atoms with E-state index in [0.717, 1.165) is 35.2 Å². The van der Waals surface area contributed by atoms with Gasteiger partial charge in [0.25, 0.3) is 0 Å². The number of hydrogen-bond acceptors (Lipinski definition) is 3. The molecule has 0 amide bonds. The van der Waals surface area contributed by atoms with Crippen LogP contribution in [-0.2, 0) is 4.74 Å². The van der Waals surface area contributed by atoms with Crippen molar-refractivity contribution < 1.29 is 9.47 Å². The van der Waals surface area contributed by atoms with Gasteiger partial charge >= 0.3 is 0 Å². The summed E-state index contributed by atoms with van der Waals surface area (Å²) in [5, 5.41) is 0. The van der Waals surface area contributed by atoms with E-state index in [1.165, 1.54) is 0 Å². The van der Waals surface area contributed by atoms with Crippen molar-refractivity contribution in [2.45, 2.75) is 18.9 Å². The summed E-state index contributed by atoms with van der Waals surface area (Å²) in [6.07, 6.45) is 2.31. The minimum Gasteiger partial charge on any atom is -0.497 e. The Labute approximate surface area is 110 Å². The summed E-state index contributed by atoms with van der Waals surface area (Å²) < 4.78 is 12.2. The maximum Gasteiger partial charge on any atom is 0.119 e. The third-order valence-corrected chi connectivity index (χ3v) is 3.98. The highest BCUT2D eigenvalue weighted by Gasteiger charge is 2.28. The largest absolute Gasteiger partial charge is 0.497 e. The van der Waals surface area contributed by atoms with E-state index >= 15 is 0 Å². The molecular formula is C13H18BrNO2. The summed E-state index contributed by atoms with van der Waals surface area (Å²) in [5.41, 5.74) is 6.96. The molecule has 17 heavy (non-hydrogen) atoms. The lowest BCUT2D eigenvalue weighted by Crippen LogP contribution is -2.28. The van der Waals surface area contributed by atoms with Crippen LogP contribution in [0.25, 0.3) is 0 Å². The summed E-state index contributed by atoms with van der Waals surface area (Å²) in [6.45, 7) is 1.47. The van der Waals surface area contributed by atoms with Crippen molar-refractivity contribution in [1.82, 2.24) is 0 Å². The maximum absolute atomic E-state index is 5.88. The van der Waals surface area contributed by atoms with Gasteiger partial charge in [-0.3, -0.25) is 0 Å². The van der Waals surface area contributed by atoms with Gasteiger partial charge in [0, 0.05) is 17.0 Å². The van der Waals surface area contributed by atoms with E-state index in [1.54, 1.807) is 7.11 Å². The van der Waals surface area contributed by atoms with Crippen LogP contribution in [-0.4, -0.2) is 20.3 Å². The molecule has 0 aliphatic carbocycles. The first kappa shape index (κ1) is 12.9. The van der Waals surface area contributed by atoms with E-state index in [1.807, 2.05) is 18.2 Å². The molecule has 1 aliphatic heterocycles. The SMILES string of the molecule is COc1ccc(Br)c(C2OCCCC2CN)c1. The van der Waals surface area contributed by atoms with Crippen LogP contribution in [0.15, 0.2) is 22.7 Å². The maximum atomic E-state index is 5.88. The van der Waals surface area contributed by atoms with Crippen LogP contribution >= 0.6 is 15.9 Å². The molecule has 3 nitrogen and oxygen atoms in total. The molecule has 0 aromatic heterocycles. The second-order valence-electron chi connectivity index (χ2n) is 4.32. The molecule has 0 bridgehead atoms. The zero-order valence-corrected chi connectivity index (χ0v) is 11.6. The van der Waals surface area contributed by atoms with Gasteiger partial charge in [-0.05, 0) is 43.1 Å². The Morgan fingerprint density at radius 2 is 2.35 bits per heavy atom. The van der Waals surface area contributed by atoms with Gasteiger partial charge in [0.15, 0.2) is 0 Å². The van der Waals surface area contributed by atoms with Crippen molar-refractivity contribution in [2.24, 2.45) is 11.7 Å². The first-order chi connectivity index (χ1) is 8.26. The Morgan fingerprint density at radius 1 is 1.53 bits per heavy atom. The quantitative estimate of drug-likeness (QED) is 0.933. The molecule has 2 rings (SSSR count). The van der Waals surface area contributed by atoms with E-state index in [-0.39, 0.29) is 6.10 Å². The molecule has 0 spiro atoms. The lowest BCUT2D eigenvalue weighted by molar-refractivity contribution is -0.0256. The second kappa shape index (κ2) is 5.85. The highest BCUT2D eigenvalue weighted by Crippen LogP contribution is 2.38. The Kier molecular flexibility index (Phi) is 4.42. The van der Waals surface area contributed by atoms with Crippen molar-refractivity contribution in [1.29, 1.82) is 0 Å². The number of ether oxygens (including phenoxy) is 2. The fourth-order valence-corrected chi connectivity index (χ4v) is 2.77. The average molecular weight is 300 g/mol. The summed E-state index contributed by atoms with van der Waals surface area (Å²) in [4.78, 5) is 0. The molecule has 2 N–H and O–H groups in total. The summed E-state index contributed by atoms with van der Waals surface area (Å²) in [7, 11) is 1.68. The van der Waals surface area contributed by atoms with Crippen LogP contribution in [0.5, 0.6) is 5.75 Å². The van der Waals surface area contributed by atoms with E-state index in [9.17, 15) is 0 Å². The molecule has 94 valence electrons. The third-order valence-electron chi connectivity index (χ3n) is 3.26. The number of benzene rings is 1. The Hall–Kier alpha value is -0.580. The fourth-order valence-electron chi connectivity index (χ4n) is 2.30. The second-order valence-corrected chi connectivity index (χ2v) is 5.17. The van der Waals surface area contributed by atoms with Crippen LogP contribution in [0.1, 0.15) is 24.5 Å². The van der Waals surface area contributed by atoms with E-state index in [4.69, 9.17) is 15.2 Å². The van der Waals surface area contributed by atoms with Crippen molar-refractivity contribution in [2.75, 3.05) is 20.3 Å². The highest BCUT2D eigenvalue weighted by atomic mass is 79.9. The number of rotatable bonds is 3. The van der Waals surface area contributed by atoms with Crippen molar-refractivity contribution >= 4 is 15.9 Å². The van der Waals surface area contributed by atoms with Crippen LogP contribution in [0, 0.1) is 5.92 Å². The number of nitrogens with two attached hydrogens (primary N) is 1. The van der Waals surface area contributed by atoms with Crippen LogP contribution in [0.4, 0.5) is 0 Å². The monoisotopic (exact) mass is 299 g/mol. The van der Waals surface area contributed by atoms with Gasteiger partial charge in [-0.25, -0.2) is 0 Å². The third kappa shape index (κ3) is 2.81. The predicted molar refractivity (Wildman–Crippen MR) is 71.2 cm³/mol. The van der Waals surface area contributed by atoms with Gasteiger partial charge in [-0.15, -0.1) is 0 Å². The molecule has 1 aromatic carbocycles. The Morgan fingerprint density at radius 3 is 3.06 bits per heavy atom. The van der Waals surface area contributed by atoms with Gasteiger partial charge in [0.2, 0.25) is 0 Å². The number of halogens is 1. The fraction of sp³-hybridized carbons (Fsp3) is 0.538. The summed E-state index contributed by atoms with van der Waals surface area (Å²) in [6, 6.07) is 5.97. The van der Waals surface area contributed by atoms with Crippen molar-refractivity contribution in [3.05, 3.63) is 28.2 Å². The van der Waals surface area contributed by atoms with Gasteiger partial charge < -0.3 is 15.2 Å². The van der Waals surface area contributed by atoms with E-state index in [2.05, 4.69) is 15.9 Å². The molecule has 1 fully saturated rings. The molecule has 0 saturated carbocycles. The molecule has 0 radical (unpaired) electrons. The molecule has 1 aromatic rings. The molecule has 2 unspecified atom stereocenters. The van der Waals surface area contributed by atoms with Crippen LogP contribution in [0.3, 0.4) is 0 Å². The van der Waals surface area contributed by atoms with E-state index in [0.29, 0.717) is 12.5 Å². The van der Waals surface area contributed by atoms with Crippen molar-refractivity contribution in [3.63, 3.8) is 0 Å². The predicted octanol–water partition coefficient (Wildman–Crippen LogP) is 2.88. The van der Waals surface area contributed by atoms with Gasteiger partial charge in [-0.1, -0.05) is 15.9 Å². The average Bonchev–Trinajstić information content (AvgIpc) is 2.39. The zero-order chi connectivity index (χ0) is 12.3. The van der Waals surface area contributed by atoms with Crippen LogP contribution in [0.2, 0.25) is 0 Å². The minimum atomic E-state index is 0.0817. The summed E-state index contributed by atoms with van der Waals surface area (Å²) in [5.74, 6) is 1.25. The molecular weight excluding hydrogens is 282 g/mol. The molecule has 1 aliphatic rings. The number of hydrogen-bond donors (Lipinski definition) is 1. The first-order valence-corrected chi connectivity index (χ1v) is 6.70. The normalized spacial score (nSPS) is 24.6. The summed E-state index contributed by atoms with van der Waals surface area (Å²) >= 11 is 3.58. The highest BCUT2D eigenvalue weighted by molar-refractivity contribution is 9.10. The molecule has 1 heterocycles. The standard InChI is InChI=1S/C13H18BrNO2/c1-16-10-4-5-12(14)11(7-10)13-9(8-15)3-2-6-17-13/h4-5,7,9,13H,2-3,6,8,15H2,1H3. The van der Waals surface area contributed by atoms with Crippen molar-refractivity contribution in [3.8, 4) is 5.75 Å². The minimum absolute atomic E-state index is 0.0817. The van der Waals surface area contributed by atoms with Gasteiger partial charge in [0.1, 0.15) is 5.75 Å². The van der Waals surface area contributed by atoms with Gasteiger partial charge in [-0.2, -0.15) is 0 Å². The molecule has 1 saturated heterocycles. The molecule has 4 heteroatoms. The zero-order valence-electron chi connectivity index (χ0n) is 9.99. The van der Waals surface area contributed by atoms with E-state index < -0.39 is 0 Å². The topological polar surface area (TPSA) is 44.5 Å². The number of methoxy groups -OCH3 is 1.